The molecule has 2 atom stereocenters. The summed E-state index contributed by atoms with van der Waals surface area (Å²) in [5.41, 5.74) is 0. The Labute approximate surface area is 126 Å². The van der Waals surface area contributed by atoms with Crippen molar-refractivity contribution in [3.63, 3.8) is 0 Å². The molecule has 0 aromatic heterocycles. The van der Waals surface area contributed by atoms with Crippen molar-refractivity contribution in [1.82, 2.24) is 4.90 Å². The first kappa shape index (κ1) is 15.6. The number of carbonyl (C=O) groups is 2. The third kappa shape index (κ3) is 3.44. The predicted molar refractivity (Wildman–Crippen MR) is 73.8 cm³/mol. The zero-order chi connectivity index (χ0) is 15.6. The molecule has 21 heavy (non-hydrogen) atoms. The Balaban J connectivity index is 1.95. The van der Waals surface area contributed by atoms with Crippen molar-refractivity contribution in [3.8, 4) is 5.75 Å². The molecule has 0 radical (unpaired) electrons. The molecule has 1 aromatic carbocycles. The molecule has 114 valence electrons. The summed E-state index contributed by atoms with van der Waals surface area (Å²) in [5.74, 6) is -2.04. The van der Waals surface area contributed by atoms with Crippen molar-refractivity contribution in [2.24, 2.45) is 5.92 Å². The maximum atomic E-state index is 12.9. The van der Waals surface area contributed by atoms with Gasteiger partial charge in [0, 0.05) is 12.6 Å². The molecular weight excluding hydrogens is 301 g/mol. The van der Waals surface area contributed by atoms with Gasteiger partial charge in [0.2, 0.25) is 0 Å². The van der Waals surface area contributed by atoms with Crippen LogP contribution in [0.5, 0.6) is 5.75 Å². The topological polar surface area (TPSA) is 66.8 Å². The van der Waals surface area contributed by atoms with E-state index in [0.29, 0.717) is 13.0 Å². The van der Waals surface area contributed by atoms with Gasteiger partial charge < -0.3 is 14.7 Å². The second kappa shape index (κ2) is 6.30. The fourth-order valence-electron chi connectivity index (χ4n) is 2.44. The molecule has 1 heterocycles. The lowest BCUT2D eigenvalue weighted by atomic mass is 10.0. The van der Waals surface area contributed by atoms with Crippen molar-refractivity contribution in [2.75, 3.05) is 13.2 Å². The summed E-state index contributed by atoms with van der Waals surface area (Å²) in [7, 11) is 0. The van der Waals surface area contributed by atoms with Crippen molar-refractivity contribution < 1.29 is 23.8 Å². The molecule has 5 nitrogen and oxygen atoms in total. The SMILES string of the molecule is CC1C(C(=O)O)CCN1C(=O)COc1ccc(F)cc1Cl. The van der Waals surface area contributed by atoms with E-state index in [4.69, 9.17) is 21.4 Å². The number of ether oxygens (including phenoxy) is 1. The summed E-state index contributed by atoms with van der Waals surface area (Å²) in [6.45, 7) is 1.83. The van der Waals surface area contributed by atoms with E-state index in [9.17, 15) is 14.0 Å². The number of likely N-dealkylation sites (tertiary alicyclic amines) is 1. The third-order valence-corrected chi connectivity index (χ3v) is 3.93. The van der Waals surface area contributed by atoms with Crippen LogP contribution in [0.4, 0.5) is 4.39 Å². The van der Waals surface area contributed by atoms with Crippen LogP contribution in [0, 0.1) is 11.7 Å². The average Bonchev–Trinajstić information content (AvgIpc) is 2.79. The van der Waals surface area contributed by atoms with Crippen molar-refractivity contribution in [3.05, 3.63) is 29.0 Å². The fraction of sp³-hybridized carbons (Fsp3) is 0.429. The van der Waals surface area contributed by atoms with E-state index in [2.05, 4.69) is 0 Å². The van der Waals surface area contributed by atoms with Gasteiger partial charge in [-0.15, -0.1) is 0 Å². The van der Waals surface area contributed by atoms with Crippen LogP contribution >= 0.6 is 11.6 Å². The Morgan fingerprint density at radius 2 is 2.24 bits per heavy atom. The van der Waals surface area contributed by atoms with Gasteiger partial charge >= 0.3 is 5.97 Å². The monoisotopic (exact) mass is 315 g/mol. The van der Waals surface area contributed by atoms with Gasteiger partial charge in [-0.2, -0.15) is 0 Å². The van der Waals surface area contributed by atoms with Gasteiger partial charge in [0.25, 0.3) is 5.91 Å². The number of halogens is 2. The highest BCUT2D eigenvalue weighted by molar-refractivity contribution is 6.32. The molecule has 1 aliphatic rings. The van der Waals surface area contributed by atoms with Crippen LogP contribution in [0.25, 0.3) is 0 Å². The van der Waals surface area contributed by atoms with E-state index in [1.165, 1.54) is 17.0 Å². The quantitative estimate of drug-likeness (QED) is 0.925. The van der Waals surface area contributed by atoms with Crippen molar-refractivity contribution in [2.45, 2.75) is 19.4 Å². The summed E-state index contributed by atoms with van der Waals surface area (Å²) in [6, 6.07) is 3.26. The van der Waals surface area contributed by atoms with Gasteiger partial charge in [0.1, 0.15) is 11.6 Å². The lowest BCUT2D eigenvalue weighted by molar-refractivity contribution is -0.143. The van der Waals surface area contributed by atoms with E-state index in [1.807, 2.05) is 0 Å². The number of carboxylic acids is 1. The van der Waals surface area contributed by atoms with E-state index in [1.54, 1.807) is 6.92 Å². The third-order valence-electron chi connectivity index (χ3n) is 3.64. The number of nitrogens with zero attached hydrogens (tertiary/aromatic N) is 1. The van der Waals surface area contributed by atoms with Crippen LogP contribution in [-0.2, 0) is 9.59 Å². The molecule has 1 amide bonds. The molecule has 1 fully saturated rings. The first-order chi connectivity index (χ1) is 9.90. The van der Waals surface area contributed by atoms with Gasteiger partial charge in [0.05, 0.1) is 10.9 Å². The lowest BCUT2D eigenvalue weighted by Crippen LogP contribution is -2.40. The second-order valence-corrected chi connectivity index (χ2v) is 5.33. The summed E-state index contributed by atoms with van der Waals surface area (Å²) >= 11 is 5.80. The predicted octanol–water partition coefficient (Wildman–Crippen LogP) is 2.18. The largest absolute Gasteiger partial charge is 0.482 e. The van der Waals surface area contributed by atoms with Gasteiger partial charge in [-0.05, 0) is 31.5 Å². The molecule has 2 unspecified atom stereocenters. The van der Waals surface area contributed by atoms with Crippen LogP contribution < -0.4 is 4.74 Å². The Bertz CT molecular complexity index is 566. The minimum absolute atomic E-state index is 0.0840. The Morgan fingerprint density at radius 3 is 2.81 bits per heavy atom. The highest BCUT2D eigenvalue weighted by Gasteiger charge is 2.38. The van der Waals surface area contributed by atoms with Crippen molar-refractivity contribution in [1.29, 1.82) is 0 Å². The number of rotatable bonds is 4. The van der Waals surface area contributed by atoms with Gasteiger partial charge in [-0.1, -0.05) is 11.6 Å². The van der Waals surface area contributed by atoms with E-state index in [-0.39, 0.29) is 29.3 Å². The molecule has 0 aliphatic carbocycles. The molecule has 0 bridgehead atoms. The number of hydrogen-bond acceptors (Lipinski definition) is 3. The molecular formula is C14H15ClFNO4. The van der Waals surface area contributed by atoms with E-state index >= 15 is 0 Å². The number of carboxylic acid groups (broad SMARTS) is 1. The van der Waals surface area contributed by atoms with Crippen LogP contribution in [-0.4, -0.2) is 41.1 Å². The molecule has 1 aromatic rings. The number of aliphatic carboxylic acids is 1. The zero-order valence-electron chi connectivity index (χ0n) is 11.4. The molecule has 1 saturated heterocycles. The summed E-state index contributed by atoms with van der Waals surface area (Å²) in [6.07, 6.45) is 0.430. The molecule has 2 rings (SSSR count). The van der Waals surface area contributed by atoms with Crippen molar-refractivity contribution >= 4 is 23.5 Å². The zero-order valence-corrected chi connectivity index (χ0v) is 12.1. The normalized spacial score (nSPS) is 21.4. The van der Waals surface area contributed by atoms with Gasteiger partial charge in [0.15, 0.2) is 6.61 Å². The highest BCUT2D eigenvalue weighted by atomic mass is 35.5. The molecule has 1 N–H and O–H groups in total. The van der Waals surface area contributed by atoms with E-state index in [0.717, 1.165) is 6.07 Å². The second-order valence-electron chi connectivity index (χ2n) is 4.92. The average molecular weight is 316 g/mol. The molecule has 0 saturated carbocycles. The number of carbonyl (C=O) groups excluding carboxylic acids is 1. The summed E-state index contributed by atoms with van der Waals surface area (Å²) in [4.78, 5) is 24.6. The van der Waals surface area contributed by atoms with Gasteiger partial charge in [-0.3, -0.25) is 9.59 Å². The Morgan fingerprint density at radius 1 is 1.52 bits per heavy atom. The molecule has 0 spiro atoms. The first-order valence-electron chi connectivity index (χ1n) is 6.50. The van der Waals surface area contributed by atoms with Crippen LogP contribution in [0.2, 0.25) is 5.02 Å². The van der Waals surface area contributed by atoms with E-state index < -0.39 is 17.7 Å². The number of amides is 1. The maximum Gasteiger partial charge on any atom is 0.308 e. The first-order valence-corrected chi connectivity index (χ1v) is 6.88. The van der Waals surface area contributed by atoms with Gasteiger partial charge in [-0.25, -0.2) is 4.39 Å². The highest BCUT2D eigenvalue weighted by Crippen LogP contribution is 2.26. The standard InChI is InChI=1S/C14H15ClFNO4/c1-8-10(14(19)20)4-5-17(8)13(18)7-21-12-3-2-9(16)6-11(12)15/h2-3,6,8,10H,4-5,7H2,1H3,(H,19,20). The molecule has 7 heteroatoms. The fourth-order valence-corrected chi connectivity index (χ4v) is 2.66. The number of hydrogen-bond donors (Lipinski definition) is 1. The summed E-state index contributed by atoms with van der Waals surface area (Å²) in [5, 5.41) is 9.12. The Kier molecular flexibility index (Phi) is 4.67. The summed E-state index contributed by atoms with van der Waals surface area (Å²) < 4.78 is 18.2. The van der Waals surface area contributed by atoms with Crippen LogP contribution in [0.3, 0.4) is 0 Å². The minimum atomic E-state index is -0.903. The van der Waals surface area contributed by atoms with Crippen LogP contribution in [0.1, 0.15) is 13.3 Å². The number of benzene rings is 1. The van der Waals surface area contributed by atoms with Crippen LogP contribution in [0.15, 0.2) is 18.2 Å². The minimum Gasteiger partial charge on any atom is -0.482 e. The molecule has 1 aliphatic heterocycles. The smallest absolute Gasteiger partial charge is 0.308 e. The Hall–Kier alpha value is -1.82. The lowest BCUT2D eigenvalue weighted by Gasteiger charge is -2.23. The maximum absolute atomic E-state index is 12.9.